The number of anilines is 1. The fourth-order valence-electron chi connectivity index (χ4n) is 1.79. The SMILES string of the molecule is O=C1CC(S(=O)(=O)Cl)CN1c1cc(Cl)ccc1Br. The van der Waals surface area contributed by atoms with Crippen molar-refractivity contribution in [2.75, 3.05) is 11.4 Å². The standard InChI is InChI=1S/C10H8BrCl2NO3S/c11-8-2-1-6(12)3-9(8)14-5-7(4-10(14)15)18(13,16)17/h1-3,7H,4-5H2. The minimum absolute atomic E-state index is 0.0452. The summed E-state index contributed by atoms with van der Waals surface area (Å²) in [5, 5.41) is -0.407. The monoisotopic (exact) mass is 371 g/mol. The lowest BCUT2D eigenvalue weighted by atomic mass is 10.3. The van der Waals surface area contributed by atoms with Crippen molar-refractivity contribution < 1.29 is 13.2 Å². The molecule has 0 bridgehead atoms. The molecule has 1 aromatic rings. The van der Waals surface area contributed by atoms with Crippen LogP contribution < -0.4 is 4.90 Å². The van der Waals surface area contributed by atoms with Gasteiger partial charge < -0.3 is 4.90 Å². The van der Waals surface area contributed by atoms with E-state index in [0.717, 1.165) is 0 Å². The van der Waals surface area contributed by atoms with Gasteiger partial charge in [-0.15, -0.1) is 0 Å². The lowest BCUT2D eigenvalue weighted by molar-refractivity contribution is -0.117. The Labute approximate surface area is 122 Å². The maximum Gasteiger partial charge on any atom is 0.237 e. The van der Waals surface area contributed by atoms with Gasteiger partial charge in [-0.25, -0.2) is 8.42 Å². The second-order valence-electron chi connectivity index (χ2n) is 3.90. The maximum atomic E-state index is 11.8. The van der Waals surface area contributed by atoms with Gasteiger partial charge in [0.05, 0.1) is 5.69 Å². The fourth-order valence-corrected chi connectivity index (χ4v) is 3.44. The zero-order chi connectivity index (χ0) is 13.5. The van der Waals surface area contributed by atoms with Crippen LogP contribution in [0.5, 0.6) is 0 Å². The summed E-state index contributed by atoms with van der Waals surface area (Å²) in [6.07, 6.45) is -0.106. The number of halogens is 3. The van der Waals surface area contributed by atoms with Gasteiger partial charge in [0.25, 0.3) is 0 Å². The molecular formula is C10H8BrCl2NO3S. The third kappa shape index (κ3) is 2.82. The van der Waals surface area contributed by atoms with E-state index in [-0.39, 0.29) is 18.9 Å². The van der Waals surface area contributed by atoms with Crippen molar-refractivity contribution in [2.24, 2.45) is 0 Å². The molecule has 18 heavy (non-hydrogen) atoms. The average Bonchev–Trinajstić information content (AvgIpc) is 2.64. The smallest absolute Gasteiger partial charge is 0.237 e. The lowest BCUT2D eigenvalue weighted by Crippen LogP contribution is -2.27. The van der Waals surface area contributed by atoms with Gasteiger partial charge in [-0.2, -0.15) is 0 Å². The normalized spacial score (nSPS) is 20.5. The van der Waals surface area contributed by atoms with Gasteiger partial charge in [0.2, 0.25) is 15.0 Å². The molecule has 98 valence electrons. The summed E-state index contributed by atoms with van der Waals surface area (Å²) < 4.78 is 23.2. The van der Waals surface area contributed by atoms with Crippen LogP contribution in [-0.4, -0.2) is 26.1 Å². The van der Waals surface area contributed by atoms with Crippen molar-refractivity contribution in [3.8, 4) is 0 Å². The van der Waals surface area contributed by atoms with E-state index in [1.807, 2.05) is 0 Å². The molecule has 1 atom stereocenters. The van der Waals surface area contributed by atoms with Crippen LogP contribution in [0.2, 0.25) is 5.02 Å². The van der Waals surface area contributed by atoms with Crippen LogP contribution in [0.3, 0.4) is 0 Å². The highest BCUT2D eigenvalue weighted by molar-refractivity contribution is 9.10. The number of hydrogen-bond acceptors (Lipinski definition) is 3. The molecular weight excluding hydrogens is 365 g/mol. The molecule has 1 unspecified atom stereocenters. The first-order valence-corrected chi connectivity index (χ1v) is 8.52. The Hall–Kier alpha value is -0.300. The number of carbonyl (C=O) groups is 1. The third-order valence-electron chi connectivity index (χ3n) is 2.69. The number of hydrogen-bond donors (Lipinski definition) is 0. The predicted octanol–water partition coefficient (Wildman–Crippen LogP) is 2.78. The van der Waals surface area contributed by atoms with Crippen molar-refractivity contribution in [1.29, 1.82) is 0 Å². The van der Waals surface area contributed by atoms with Crippen LogP contribution in [0.15, 0.2) is 22.7 Å². The number of carbonyl (C=O) groups excluding carboxylic acids is 1. The Bertz CT molecular complexity index is 605. The van der Waals surface area contributed by atoms with E-state index in [9.17, 15) is 13.2 Å². The molecule has 0 aliphatic carbocycles. The summed E-state index contributed by atoms with van der Waals surface area (Å²) in [5.74, 6) is -0.285. The van der Waals surface area contributed by atoms with E-state index in [2.05, 4.69) is 15.9 Å². The van der Waals surface area contributed by atoms with Gasteiger partial charge in [-0.3, -0.25) is 4.79 Å². The Balaban J connectivity index is 2.35. The van der Waals surface area contributed by atoms with Crippen LogP contribution in [0, 0.1) is 0 Å². The molecule has 0 aromatic heterocycles. The third-order valence-corrected chi connectivity index (χ3v) is 5.46. The molecule has 1 amide bonds. The zero-order valence-electron chi connectivity index (χ0n) is 8.94. The average molecular weight is 373 g/mol. The quantitative estimate of drug-likeness (QED) is 0.750. The van der Waals surface area contributed by atoms with E-state index in [0.29, 0.717) is 15.2 Å². The summed E-state index contributed by atoms with van der Waals surface area (Å²) in [6, 6.07) is 4.98. The van der Waals surface area contributed by atoms with Crippen molar-refractivity contribution >= 4 is 58.9 Å². The highest BCUT2D eigenvalue weighted by Crippen LogP contribution is 2.34. The van der Waals surface area contributed by atoms with Crippen molar-refractivity contribution in [1.82, 2.24) is 0 Å². The molecule has 1 aliphatic rings. The Kier molecular flexibility index (Phi) is 3.92. The van der Waals surface area contributed by atoms with E-state index in [1.165, 1.54) is 4.90 Å². The van der Waals surface area contributed by atoms with Crippen molar-refractivity contribution in [2.45, 2.75) is 11.7 Å². The van der Waals surface area contributed by atoms with Crippen LogP contribution in [0.4, 0.5) is 5.69 Å². The van der Waals surface area contributed by atoms with Crippen molar-refractivity contribution in [3.05, 3.63) is 27.7 Å². The molecule has 1 aliphatic heterocycles. The molecule has 0 N–H and O–H groups in total. The molecule has 0 spiro atoms. The highest BCUT2D eigenvalue weighted by Gasteiger charge is 2.38. The Morgan fingerprint density at radius 3 is 2.61 bits per heavy atom. The molecule has 0 saturated carbocycles. The molecule has 1 fully saturated rings. The summed E-state index contributed by atoms with van der Waals surface area (Å²) in [4.78, 5) is 13.2. The largest absolute Gasteiger partial charge is 0.310 e. The molecule has 1 heterocycles. The molecule has 4 nitrogen and oxygen atoms in total. The second-order valence-corrected chi connectivity index (χ2v) is 8.10. The molecule has 0 radical (unpaired) electrons. The Morgan fingerprint density at radius 1 is 1.39 bits per heavy atom. The zero-order valence-corrected chi connectivity index (χ0v) is 12.9. The summed E-state index contributed by atoms with van der Waals surface area (Å²) in [5.41, 5.74) is 0.551. The second kappa shape index (κ2) is 5.00. The first-order chi connectivity index (χ1) is 8.29. The van der Waals surface area contributed by atoms with E-state index in [4.69, 9.17) is 22.3 Å². The first-order valence-electron chi connectivity index (χ1n) is 4.98. The highest BCUT2D eigenvalue weighted by atomic mass is 79.9. The first kappa shape index (κ1) is 14.1. The maximum absolute atomic E-state index is 11.8. The van der Waals surface area contributed by atoms with E-state index in [1.54, 1.807) is 18.2 Å². The van der Waals surface area contributed by atoms with Gasteiger partial charge in [-0.1, -0.05) is 11.6 Å². The number of amides is 1. The van der Waals surface area contributed by atoms with Gasteiger partial charge >= 0.3 is 0 Å². The number of rotatable bonds is 2. The minimum atomic E-state index is -3.74. The minimum Gasteiger partial charge on any atom is -0.310 e. The lowest BCUT2D eigenvalue weighted by Gasteiger charge is -2.18. The molecule has 2 rings (SSSR count). The summed E-state index contributed by atoms with van der Waals surface area (Å²) in [6.45, 7) is 0.0452. The molecule has 1 aromatic carbocycles. The predicted molar refractivity (Wildman–Crippen MR) is 74.7 cm³/mol. The molecule has 1 saturated heterocycles. The van der Waals surface area contributed by atoms with Crippen molar-refractivity contribution in [3.63, 3.8) is 0 Å². The topological polar surface area (TPSA) is 54.5 Å². The van der Waals surface area contributed by atoms with Crippen LogP contribution in [-0.2, 0) is 13.8 Å². The van der Waals surface area contributed by atoms with E-state index >= 15 is 0 Å². The van der Waals surface area contributed by atoms with E-state index < -0.39 is 14.3 Å². The van der Waals surface area contributed by atoms with Gasteiger partial charge in [0.15, 0.2) is 0 Å². The van der Waals surface area contributed by atoms with Gasteiger partial charge in [0, 0.05) is 33.1 Å². The number of benzene rings is 1. The fraction of sp³-hybridized carbons (Fsp3) is 0.300. The summed E-state index contributed by atoms with van der Waals surface area (Å²) >= 11 is 9.17. The van der Waals surface area contributed by atoms with Gasteiger partial charge in [0.1, 0.15) is 5.25 Å². The Morgan fingerprint density at radius 2 is 2.06 bits per heavy atom. The van der Waals surface area contributed by atoms with Gasteiger partial charge in [-0.05, 0) is 34.1 Å². The number of nitrogens with zero attached hydrogens (tertiary/aromatic N) is 1. The van der Waals surface area contributed by atoms with Crippen LogP contribution in [0.25, 0.3) is 0 Å². The van der Waals surface area contributed by atoms with Crippen LogP contribution >= 0.6 is 38.2 Å². The molecule has 8 heteroatoms. The summed E-state index contributed by atoms with van der Waals surface area (Å²) in [7, 11) is 1.55. The van der Waals surface area contributed by atoms with Crippen LogP contribution in [0.1, 0.15) is 6.42 Å².